The van der Waals surface area contributed by atoms with Crippen LogP contribution in [0.4, 0.5) is 0 Å². The van der Waals surface area contributed by atoms with Gasteiger partial charge in [0.25, 0.3) is 0 Å². The van der Waals surface area contributed by atoms with E-state index >= 15 is 0 Å². The fourth-order valence-corrected chi connectivity index (χ4v) is 5.35. The first kappa shape index (κ1) is 12.8. The summed E-state index contributed by atoms with van der Waals surface area (Å²) in [5.74, 6) is 0. The predicted molar refractivity (Wildman–Crippen MR) is 64.5 cm³/mol. The number of hydrogen-bond donors (Lipinski definition) is 2. The van der Waals surface area contributed by atoms with Crippen molar-refractivity contribution in [3.8, 4) is 0 Å². The van der Waals surface area contributed by atoms with E-state index in [0.29, 0.717) is 0 Å². The van der Waals surface area contributed by atoms with Crippen LogP contribution in [0, 0.1) is 0 Å². The maximum absolute atomic E-state index is 8.92. The molecule has 0 atom stereocenters. The Kier molecular flexibility index (Phi) is 6.74. The molecule has 0 saturated carbocycles. The molecule has 0 spiro atoms. The van der Waals surface area contributed by atoms with Crippen molar-refractivity contribution in [3.63, 3.8) is 0 Å². The third-order valence-corrected chi connectivity index (χ3v) is 7.68. The van der Waals surface area contributed by atoms with Gasteiger partial charge in [0.2, 0.25) is 0 Å². The maximum atomic E-state index is 8.92. The van der Waals surface area contributed by atoms with Crippen LogP contribution in [0.25, 0.3) is 0 Å². The molecule has 0 unspecified atom stereocenters. The summed E-state index contributed by atoms with van der Waals surface area (Å²) in [6.45, 7) is 0.573. The second kappa shape index (κ2) is 7.92. The quantitative estimate of drug-likeness (QED) is 0.740. The van der Waals surface area contributed by atoms with Gasteiger partial charge in [-0.3, -0.25) is 0 Å². The van der Waals surface area contributed by atoms with Crippen molar-refractivity contribution in [3.05, 3.63) is 35.9 Å². The van der Waals surface area contributed by atoms with E-state index in [0.717, 1.165) is 16.8 Å². The molecule has 0 amide bonds. The number of aryl methyl sites for hydroxylation is 1. The number of rotatable bonds is 7. The van der Waals surface area contributed by atoms with Crippen molar-refractivity contribution in [1.29, 1.82) is 0 Å². The fraction of sp³-hybridized carbons (Fsp3) is 0.500. The second-order valence-corrected chi connectivity index (χ2v) is 9.15. The van der Waals surface area contributed by atoms with Gasteiger partial charge in [0.05, 0.1) is 0 Å². The molecule has 0 aliphatic heterocycles. The van der Waals surface area contributed by atoms with Crippen LogP contribution in [0.5, 0.6) is 0 Å². The van der Waals surface area contributed by atoms with E-state index < -0.39 is 14.7 Å². The molecule has 0 aliphatic rings. The standard InChI is InChI=1S/C12H19AsO2/c14-10-8-13(9-11-15)7-6-12-4-2-1-3-5-12/h1-5,14-15H,6-11H2. The summed E-state index contributed by atoms with van der Waals surface area (Å²) in [6.07, 6.45) is 1.10. The SMILES string of the molecule is OCC[As](CCO)CCc1ccccc1. The summed E-state index contributed by atoms with van der Waals surface area (Å²) in [5, 5.41) is 20.9. The van der Waals surface area contributed by atoms with Crippen LogP contribution in [0.2, 0.25) is 15.6 Å². The van der Waals surface area contributed by atoms with Gasteiger partial charge in [0.15, 0.2) is 0 Å². The van der Waals surface area contributed by atoms with Crippen molar-refractivity contribution >= 4 is 14.7 Å². The first-order valence-electron chi connectivity index (χ1n) is 5.35. The van der Waals surface area contributed by atoms with Gasteiger partial charge in [-0.25, -0.2) is 0 Å². The Labute approximate surface area is 96.2 Å². The molecule has 3 heteroatoms. The molecule has 0 aliphatic carbocycles. The molecule has 0 bridgehead atoms. The molecule has 0 radical (unpaired) electrons. The van der Waals surface area contributed by atoms with Crippen molar-refractivity contribution in [1.82, 2.24) is 0 Å². The Balaban J connectivity index is 2.33. The molecule has 2 nitrogen and oxygen atoms in total. The molecule has 0 fully saturated rings. The fourth-order valence-electron chi connectivity index (χ4n) is 1.55. The van der Waals surface area contributed by atoms with Gasteiger partial charge in [-0.2, -0.15) is 0 Å². The third kappa shape index (κ3) is 5.36. The second-order valence-electron chi connectivity index (χ2n) is 3.52. The number of aliphatic hydroxyl groups excluding tert-OH is 2. The topological polar surface area (TPSA) is 40.5 Å². The molecular formula is C12H19AsO2. The average Bonchev–Trinajstić information content (AvgIpc) is 2.28. The van der Waals surface area contributed by atoms with Gasteiger partial charge in [0.1, 0.15) is 0 Å². The number of hydrogen-bond acceptors (Lipinski definition) is 2. The first-order chi connectivity index (χ1) is 7.36. The Hall–Kier alpha value is -0.302. The zero-order valence-corrected chi connectivity index (χ0v) is 10.8. The Bertz CT molecular complexity index is 245. The number of aliphatic hydroxyl groups is 2. The van der Waals surface area contributed by atoms with E-state index in [1.165, 1.54) is 10.8 Å². The summed E-state index contributed by atoms with van der Waals surface area (Å²) < 4.78 is 0. The zero-order valence-electron chi connectivity index (χ0n) is 8.97. The van der Waals surface area contributed by atoms with E-state index in [1.54, 1.807) is 0 Å². The van der Waals surface area contributed by atoms with Gasteiger partial charge in [-0.05, 0) is 0 Å². The molecule has 0 saturated heterocycles. The van der Waals surface area contributed by atoms with Crippen molar-refractivity contribution in [2.45, 2.75) is 22.0 Å². The average molecular weight is 270 g/mol. The van der Waals surface area contributed by atoms with Crippen LogP contribution in [-0.4, -0.2) is 38.1 Å². The molecule has 0 heterocycles. The summed E-state index contributed by atoms with van der Waals surface area (Å²) in [7, 11) is 0. The van der Waals surface area contributed by atoms with E-state index in [4.69, 9.17) is 10.2 Å². The number of benzene rings is 1. The van der Waals surface area contributed by atoms with Crippen LogP contribution in [0.3, 0.4) is 0 Å². The predicted octanol–water partition coefficient (Wildman–Crippen LogP) is 1.71. The Morgan fingerprint density at radius 3 is 2.00 bits per heavy atom. The summed E-state index contributed by atoms with van der Waals surface area (Å²) >= 11 is -0.971. The monoisotopic (exact) mass is 270 g/mol. The van der Waals surface area contributed by atoms with Crippen LogP contribution in [0.15, 0.2) is 30.3 Å². The summed E-state index contributed by atoms with van der Waals surface area (Å²) in [5.41, 5.74) is 1.37. The van der Waals surface area contributed by atoms with Gasteiger partial charge >= 0.3 is 96.0 Å². The van der Waals surface area contributed by atoms with Crippen LogP contribution < -0.4 is 0 Å². The van der Waals surface area contributed by atoms with Crippen molar-refractivity contribution in [2.24, 2.45) is 0 Å². The van der Waals surface area contributed by atoms with E-state index in [1.807, 2.05) is 6.07 Å². The first-order valence-corrected chi connectivity index (χ1v) is 9.33. The minimum atomic E-state index is -0.971. The van der Waals surface area contributed by atoms with Crippen LogP contribution >= 0.6 is 0 Å². The Morgan fingerprint density at radius 2 is 1.47 bits per heavy atom. The van der Waals surface area contributed by atoms with Crippen LogP contribution in [0.1, 0.15) is 5.56 Å². The zero-order chi connectivity index (χ0) is 10.9. The molecule has 2 N–H and O–H groups in total. The van der Waals surface area contributed by atoms with Gasteiger partial charge in [0, 0.05) is 0 Å². The van der Waals surface area contributed by atoms with Gasteiger partial charge in [-0.15, -0.1) is 0 Å². The Morgan fingerprint density at radius 1 is 0.867 bits per heavy atom. The van der Waals surface area contributed by atoms with Crippen LogP contribution in [-0.2, 0) is 6.42 Å². The third-order valence-electron chi connectivity index (χ3n) is 2.39. The minimum absolute atomic E-state index is 0.286. The van der Waals surface area contributed by atoms with Crippen molar-refractivity contribution in [2.75, 3.05) is 13.2 Å². The van der Waals surface area contributed by atoms with E-state index in [2.05, 4.69) is 24.3 Å². The van der Waals surface area contributed by atoms with E-state index in [9.17, 15) is 0 Å². The molecule has 1 aromatic carbocycles. The van der Waals surface area contributed by atoms with Gasteiger partial charge in [-0.1, -0.05) is 0 Å². The molecule has 0 aromatic heterocycles. The van der Waals surface area contributed by atoms with Crippen molar-refractivity contribution < 1.29 is 10.2 Å². The molecule has 1 rings (SSSR count). The molecule has 15 heavy (non-hydrogen) atoms. The molecule has 84 valence electrons. The molecule has 1 aromatic rings. The normalized spacial score (nSPS) is 10.9. The van der Waals surface area contributed by atoms with Gasteiger partial charge < -0.3 is 0 Å². The summed E-state index contributed by atoms with van der Waals surface area (Å²) in [4.78, 5) is 0. The van der Waals surface area contributed by atoms with E-state index in [-0.39, 0.29) is 13.2 Å². The molecular weight excluding hydrogens is 251 g/mol. The summed E-state index contributed by atoms with van der Waals surface area (Å²) in [6, 6.07) is 10.4.